The third-order valence-corrected chi connectivity index (χ3v) is 2.93. The lowest BCUT2D eigenvalue weighted by molar-refractivity contribution is 1.41. The zero-order valence-electron chi connectivity index (χ0n) is 7.60. The number of benzene rings is 2. The van der Waals surface area contributed by atoms with Crippen LogP contribution in [0.1, 0.15) is 0 Å². The fourth-order valence-electron chi connectivity index (χ4n) is 1.14. The minimum atomic E-state index is 0.824. The van der Waals surface area contributed by atoms with Crippen molar-refractivity contribution in [1.82, 2.24) is 0 Å². The number of para-hydroxylation sites is 1. The van der Waals surface area contributed by atoms with E-state index in [9.17, 15) is 0 Å². The second-order valence-corrected chi connectivity index (χ2v) is 3.99. The van der Waals surface area contributed by atoms with Gasteiger partial charge in [-0.1, -0.05) is 36.0 Å². The SMILES string of the molecule is Nc1ccccc1Sc1cc[c]cc1. The summed E-state index contributed by atoms with van der Waals surface area (Å²) in [5.41, 5.74) is 6.66. The summed E-state index contributed by atoms with van der Waals surface area (Å²) in [4.78, 5) is 2.28. The minimum absolute atomic E-state index is 0.824. The quantitative estimate of drug-likeness (QED) is 0.753. The van der Waals surface area contributed by atoms with Gasteiger partial charge in [-0.25, -0.2) is 0 Å². The molecule has 0 amide bonds. The van der Waals surface area contributed by atoms with E-state index in [0.717, 1.165) is 10.6 Å². The smallest absolute Gasteiger partial charge is 0.0455 e. The molecule has 1 radical (unpaired) electrons. The Balaban J connectivity index is 2.24. The molecule has 0 aliphatic heterocycles. The fourth-order valence-corrected chi connectivity index (χ4v) is 2.00. The highest BCUT2D eigenvalue weighted by atomic mass is 32.2. The molecule has 2 heteroatoms. The van der Waals surface area contributed by atoms with E-state index in [0.29, 0.717) is 0 Å². The molecule has 1 nitrogen and oxygen atoms in total. The lowest BCUT2D eigenvalue weighted by Gasteiger charge is -2.03. The highest BCUT2D eigenvalue weighted by Crippen LogP contribution is 2.31. The summed E-state index contributed by atoms with van der Waals surface area (Å²) in [7, 11) is 0. The molecular weight excluding hydrogens is 190 g/mol. The average molecular weight is 200 g/mol. The summed E-state index contributed by atoms with van der Waals surface area (Å²) < 4.78 is 0. The highest BCUT2D eigenvalue weighted by Gasteiger charge is 1.99. The first-order chi connectivity index (χ1) is 6.86. The van der Waals surface area contributed by atoms with Crippen molar-refractivity contribution in [3.05, 3.63) is 54.6 Å². The van der Waals surface area contributed by atoms with Gasteiger partial charge in [-0.2, -0.15) is 0 Å². The molecule has 0 fully saturated rings. The molecule has 0 aliphatic rings. The number of hydrogen-bond acceptors (Lipinski definition) is 2. The Bertz CT molecular complexity index is 412. The second-order valence-electron chi connectivity index (χ2n) is 2.88. The number of nitrogen functional groups attached to an aromatic ring is 1. The summed E-state index contributed by atoms with van der Waals surface area (Å²) in [6.07, 6.45) is 0. The van der Waals surface area contributed by atoms with Crippen LogP contribution in [0.4, 0.5) is 5.69 Å². The lowest BCUT2D eigenvalue weighted by atomic mass is 10.3. The average Bonchev–Trinajstić information content (AvgIpc) is 2.23. The van der Waals surface area contributed by atoms with Gasteiger partial charge < -0.3 is 5.73 Å². The van der Waals surface area contributed by atoms with Gasteiger partial charge in [0.1, 0.15) is 0 Å². The molecule has 0 unspecified atom stereocenters. The third-order valence-electron chi connectivity index (χ3n) is 1.83. The molecule has 2 aromatic carbocycles. The zero-order chi connectivity index (χ0) is 9.80. The van der Waals surface area contributed by atoms with Crippen LogP contribution in [0.5, 0.6) is 0 Å². The molecule has 0 saturated heterocycles. The van der Waals surface area contributed by atoms with E-state index < -0.39 is 0 Å². The van der Waals surface area contributed by atoms with Gasteiger partial charge in [0.15, 0.2) is 0 Å². The van der Waals surface area contributed by atoms with Crippen LogP contribution < -0.4 is 5.73 Å². The Morgan fingerprint density at radius 1 is 1.00 bits per heavy atom. The van der Waals surface area contributed by atoms with Gasteiger partial charge in [0.05, 0.1) is 0 Å². The monoisotopic (exact) mass is 200 g/mol. The van der Waals surface area contributed by atoms with Gasteiger partial charge in [-0.15, -0.1) is 0 Å². The predicted molar refractivity (Wildman–Crippen MR) is 60.3 cm³/mol. The molecule has 69 valence electrons. The maximum absolute atomic E-state index is 5.84. The van der Waals surface area contributed by atoms with E-state index >= 15 is 0 Å². The Morgan fingerprint density at radius 3 is 2.43 bits per heavy atom. The van der Waals surface area contributed by atoms with Gasteiger partial charge >= 0.3 is 0 Å². The number of hydrogen-bond donors (Lipinski definition) is 1. The van der Waals surface area contributed by atoms with Crippen molar-refractivity contribution >= 4 is 17.4 Å². The van der Waals surface area contributed by atoms with E-state index in [1.54, 1.807) is 11.8 Å². The van der Waals surface area contributed by atoms with Crippen LogP contribution in [0, 0.1) is 6.07 Å². The van der Waals surface area contributed by atoms with Crippen LogP contribution in [-0.2, 0) is 0 Å². The number of nitrogens with two attached hydrogens (primary N) is 1. The van der Waals surface area contributed by atoms with Gasteiger partial charge in [0.2, 0.25) is 0 Å². The van der Waals surface area contributed by atoms with Crippen LogP contribution >= 0.6 is 11.8 Å². The van der Waals surface area contributed by atoms with Gasteiger partial charge in [0, 0.05) is 15.5 Å². The van der Waals surface area contributed by atoms with Crippen molar-refractivity contribution in [2.45, 2.75) is 9.79 Å². The topological polar surface area (TPSA) is 26.0 Å². The van der Waals surface area contributed by atoms with E-state index in [1.807, 2.05) is 48.5 Å². The van der Waals surface area contributed by atoms with Crippen LogP contribution in [0.3, 0.4) is 0 Å². The molecule has 14 heavy (non-hydrogen) atoms. The Morgan fingerprint density at radius 2 is 1.71 bits per heavy atom. The van der Waals surface area contributed by atoms with Crippen LogP contribution in [0.2, 0.25) is 0 Å². The van der Waals surface area contributed by atoms with Crippen molar-refractivity contribution in [2.75, 3.05) is 5.73 Å². The highest BCUT2D eigenvalue weighted by molar-refractivity contribution is 7.99. The predicted octanol–water partition coefficient (Wildman–Crippen LogP) is 3.22. The number of rotatable bonds is 2. The normalized spacial score (nSPS) is 10.0. The van der Waals surface area contributed by atoms with Crippen molar-refractivity contribution in [3.63, 3.8) is 0 Å². The standard InChI is InChI=1S/C12H10NS/c13-11-8-4-5-9-12(11)14-10-6-2-1-3-7-10/h2-9H,13H2. The van der Waals surface area contributed by atoms with E-state index in [2.05, 4.69) is 6.07 Å². The first kappa shape index (κ1) is 9.16. The zero-order valence-corrected chi connectivity index (χ0v) is 8.42. The molecule has 2 rings (SSSR count). The van der Waals surface area contributed by atoms with Crippen molar-refractivity contribution < 1.29 is 0 Å². The maximum atomic E-state index is 5.84. The molecule has 0 aromatic heterocycles. The molecule has 2 N–H and O–H groups in total. The van der Waals surface area contributed by atoms with Crippen molar-refractivity contribution in [1.29, 1.82) is 0 Å². The minimum Gasteiger partial charge on any atom is -0.398 e. The third kappa shape index (κ3) is 2.09. The summed E-state index contributed by atoms with van der Waals surface area (Å²) in [5, 5.41) is 0. The molecule has 0 atom stereocenters. The van der Waals surface area contributed by atoms with Crippen LogP contribution in [0.15, 0.2) is 58.3 Å². The van der Waals surface area contributed by atoms with Gasteiger partial charge in [0.25, 0.3) is 0 Å². The Labute approximate surface area is 88.0 Å². The van der Waals surface area contributed by atoms with Crippen molar-refractivity contribution in [3.8, 4) is 0 Å². The summed E-state index contributed by atoms with van der Waals surface area (Å²) in [6, 6.07) is 18.7. The maximum Gasteiger partial charge on any atom is 0.0455 e. The Hall–Kier alpha value is -1.41. The molecule has 0 bridgehead atoms. The second kappa shape index (κ2) is 4.20. The largest absolute Gasteiger partial charge is 0.398 e. The Kier molecular flexibility index (Phi) is 2.75. The van der Waals surface area contributed by atoms with Crippen molar-refractivity contribution in [2.24, 2.45) is 0 Å². The fraction of sp³-hybridized carbons (Fsp3) is 0. The number of anilines is 1. The van der Waals surface area contributed by atoms with Gasteiger partial charge in [-0.05, 0) is 30.3 Å². The molecule has 2 aromatic rings. The summed E-state index contributed by atoms with van der Waals surface area (Å²) in [5.74, 6) is 0. The van der Waals surface area contributed by atoms with E-state index in [1.165, 1.54) is 4.90 Å². The summed E-state index contributed by atoms with van der Waals surface area (Å²) in [6.45, 7) is 0. The van der Waals surface area contributed by atoms with Crippen LogP contribution in [-0.4, -0.2) is 0 Å². The lowest BCUT2D eigenvalue weighted by Crippen LogP contribution is -1.86. The van der Waals surface area contributed by atoms with E-state index in [4.69, 9.17) is 5.73 Å². The molecule has 0 saturated carbocycles. The molecule has 0 heterocycles. The van der Waals surface area contributed by atoms with Crippen LogP contribution in [0.25, 0.3) is 0 Å². The molecular formula is C12H10NS. The summed E-state index contributed by atoms with van der Waals surface area (Å²) >= 11 is 1.67. The first-order valence-electron chi connectivity index (χ1n) is 4.35. The molecule has 0 spiro atoms. The molecule has 0 aliphatic carbocycles. The van der Waals surface area contributed by atoms with Gasteiger partial charge in [-0.3, -0.25) is 0 Å². The first-order valence-corrected chi connectivity index (χ1v) is 5.16. The van der Waals surface area contributed by atoms with E-state index in [-0.39, 0.29) is 0 Å².